The Morgan fingerprint density at radius 1 is 1.24 bits per heavy atom. The first-order valence-electron chi connectivity index (χ1n) is 7.20. The number of carbonyl (C=O) groups is 1. The van der Waals surface area contributed by atoms with E-state index in [0.29, 0.717) is 13.0 Å². The Balaban J connectivity index is 2.45. The zero-order valence-electron chi connectivity index (χ0n) is 12.9. The summed E-state index contributed by atoms with van der Waals surface area (Å²) in [5, 5.41) is 15.1. The lowest BCUT2D eigenvalue weighted by atomic mass is 9.86. The third-order valence-corrected chi connectivity index (χ3v) is 3.21. The van der Waals surface area contributed by atoms with Crippen molar-refractivity contribution in [2.24, 2.45) is 0 Å². The molecule has 1 unspecified atom stereocenters. The number of aliphatic hydroxyl groups is 1. The fraction of sp³-hybridized carbons (Fsp3) is 0.562. The second-order valence-electron chi connectivity index (χ2n) is 6.07. The van der Waals surface area contributed by atoms with Crippen LogP contribution < -0.4 is 10.6 Å². The first-order chi connectivity index (χ1) is 9.84. The molecule has 0 radical (unpaired) electrons. The van der Waals surface area contributed by atoms with Gasteiger partial charge in [-0.3, -0.25) is 4.39 Å². The van der Waals surface area contributed by atoms with Crippen LogP contribution in [0.15, 0.2) is 24.3 Å². The molecular formula is C16H25FN2O2. The molecule has 1 aromatic carbocycles. The van der Waals surface area contributed by atoms with E-state index in [-0.39, 0.29) is 12.0 Å². The summed E-state index contributed by atoms with van der Waals surface area (Å²) in [7, 11) is 0. The van der Waals surface area contributed by atoms with E-state index in [1.807, 2.05) is 24.3 Å². The first kappa shape index (κ1) is 17.4. The standard InChI is InChI=1S/C16H25FN2O2/c1-16(2,3)13-7-5-12(6-8-13)14(20)11-19-15(21)18-10-4-9-17/h5-8,14,20H,4,9-11H2,1-3H3,(H2,18,19,21). The molecule has 0 fully saturated rings. The molecule has 1 atom stereocenters. The molecule has 0 aromatic heterocycles. The molecule has 118 valence electrons. The number of benzene rings is 1. The van der Waals surface area contributed by atoms with Crippen molar-refractivity contribution in [2.45, 2.75) is 38.7 Å². The van der Waals surface area contributed by atoms with Crippen LogP contribution in [0.5, 0.6) is 0 Å². The average Bonchev–Trinajstić information content (AvgIpc) is 2.44. The predicted octanol–water partition coefficient (Wildman–Crippen LogP) is 2.68. The molecule has 21 heavy (non-hydrogen) atoms. The number of aliphatic hydroxyl groups excluding tert-OH is 1. The Kier molecular flexibility index (Phi) is 6.62. The lowest BCUT2D eigenvalue weighted by Gasteiger charge is -2.20. The van der Waals surface area contributed by atoms with Gasteiger partial charge in [-0.15, -0.1) is 0 Å². The molecule has 0 aliphatic rings. The van der Waals surface area contributed by atoms with Crippen LogP contribution in [0.1, 0.15) is 44.4 Å². The van der Waals surface area contributed by atoms with Gasteiger partial charge in [0.05, 0.1) is 12.8 Å². The van der Waals surface area contributed by atoms with Crippen LogP contribution in [0, 0.1) is 0 Å². The monoisotopic (exact) mass is 296 g/mol. The SMILES string of the molecule is CC(C)(C)c1ccc(C(O)CNC(=O)NCCCF)cc1. The maximum Gasteiger partial charge on any atom is 0.314 e. The van der Waals surface area contributed by atoms with Gasteiger partial charge in [-0.05, 0) is 23.0 Å². The number of carbonyl (C=O) groups excluding carboxylic acids is 1. The van der Waals surface area contributed by atoms with E-state index in [9.17, 15) is 14.3 Å². The van der Waals surface area contributed by atoms with E-state index < -0.39 is 18.8 Å². The lowest BCUT2D eigenvalue weighted by molar-refractivity contribution is 0.173. The van der Waals surface area contributed by atoms with E-state index in [1.54, 1.807) is 0 Å². The number of nitrogens with one attached hydrogen (secondary N) is 2. The van der Waals surface area contributed by atoms with Gasteiger partial charge in [0.2, 0.25) is 0 Å². The molecular weight excluding hydrogens is 271 g/mol. The molecule has 0 bridgehead atoms. The summed E-state index contributed by atoms with van der Waals surface area (Å²) in [5.74, 6) is 0. The van der Waals surface area contributed by atoms with Crippen molar-refractivity contribution in [2.75, 3.05) is 19.8 Å². The van der Waals surface area contributed by atoms with Gasteiger partial charge in [0.15, 0.2) is 0 Å². The first-order valence-corrected chi connectivity index (χ1v) is 7.20. The number of amides is 2. The average molecular weight is 296 g/mol. The molecule has 5 heteroatoms. The van der Waals surface area contributed by atoms with Crippen molar-refractivity contribution >= 4 is 6.03 Å². The lowest BCUT2D eigenvalue weighted by Crippen LogP contribution is -2.38. The smallest absolute Gasteiger partial charge is 0.314 e. The van der Waals surface area contributed by atoms with Crippen LogP contribution in [0.25, 0.3) is 0 Å². The highest BCUT2D eigenvalue weighted by atomic mass is 19.1. The minimum Gasteiger partial charge on any atom is -0.387 e. The van der Waals surface area contributed by atoms with Gasteiger partial charge >= 0.3 is 6.03 Å². The van der Waals surface area contributed by atoms with Gasteiger partial charge < -0.3 is 15.7 Å². The summed E-state index contributed by atoms with van der Waals surface area (Å²) in [6, 6.07) is 7.32. The molecule has 0 aliphatic carbocycles. The van der Waals surface area contributed by atoms with Crippen LogP contribution in [-0.4, -0.2) is 30.9 Å². The Labute approximate surface area is 125 Å². The molecule has 0 saturated heterocycles. The molecule has 1 rings (SSSR count). The maximum atomic E-state index is 11.9. The fourth-order valence-electron chi connectivity index (χ4n) is 1.84. The molecule has 2 amide bonds. The van der Waals surface area contributed by atoms with Gasteiger partial charge in [-0.2, -0.15) is 0 Å². The number of halogens is 1. The van der Waals surface area contributed by atoms with Crippen molar-refractivity contribution < 1.29 is 14.3 Å². The number of hydrogen-bond donors (Lipinski definition) is 3. The second-order valence-corrected chi connectivity index (χ2v) is 6.07. The van der Waals surface area contributed by atoms with E-state index >= 15 is 0 Å². The molecule has 3 N–H and O–H groups in total. The van der Waals surface area contributed by atoms with Crippen molar-refractivity contribution in [1.29, 1.82) is 0 Å². The van der Waals surface area contributed by atoms with Gasteiger partial charge in [-0.1, -0.05) is 45.0 Å². The van der Waals surface area contributed by atoms with Crippen molar-refractivity contribution in [3.8, 4) is 0 Å². The highest BCUT2D eigenvalue weighted by Gasteiger charge is 2.15. The quantitative estimate of drug-likeness (QED) is 0.707. The molecule has 0 saturated carbocycles. The van der Waals surface area contributed by atoms with Gasteiger partial charge in [0.1, 0.15) is 0 Å². The summed E-state index contributed by atoms with van der Waals surface area (Å²) in [5.41, 5.74) is 2.01. The predicted molar refractivity (Wildman–Crippen MR) is 82.1 cm³/mol. The number of rotatable bonds is 6. The minimum atomic E-state index is -0.758. The van der Waals surface area contributed by atoms with Gasteiger partial charge in [-0.25, -0.2) is 4.79 Å². The molecule has 0 spiro atoms. The number of alkyl halides is 1. The van der Waals surface area contributed by atoms with E-state index in [4.69, 9.17) is 0 Å². The number of hydrogen-bond acceptors (Lipinski definition) is 2. The number of urea groups is 1. The van der Waals surface area contributed by atoms with Crippen LogP contribution in [0.4, 0.5) is 9.18 Å². The second kappa shape index (κ2) is 7.98. The Hall–Kier alpha value is -1.62. The van der Waals surface area contributed by atoms with Crippen molar-refractivity contribution in [3.63, 3.8) is 0 Å². The Morgan fingerprint density at radius 3 is 2.38 bits per heavy atom. The van der Waals surface area contributed by atoms with Crippen LogP contribution >= 0.6 is 0 Å². The maximum absolute atomic E-state index is 11.9. The topological polar surface area (TPSA) is 61.4 Å². The van der Waals surface area contributed by atoms with Gasteiger partial charge in [0.25, 0.3) is 0 Å². The minimum absolute atomic E-state index is 0.0675. The molecule has 0 heterocycles. The van der Waals surface area contributed by atoms with Gasteiger partial charge in [0, 0.05) is 13.1 Å². The highest BCUT2D eigenvalue weighted by Crippen LogP contribution is 2.23. The largest absolute Gasteiger partial charge is 0.387 e. The zero-order valence-corrected chi connectivity index (χ0v) is 12.9. The summed E-state index contributed by atoms with van der Waals surface area (Å²) >= 11 is 0. The van der Waals surface area contributed by atoms with E-state index in [0.717, 1.165) is 5.56 Å². The normalized spacial score (nSPS) is 12.8. The summed E-state index contributed by atoms with van der Waals surface area (Å²) in [6.45, 7) is 6.34. The van der Waals surface area contributed by atoms with Crippen LogP contribution in [0.2, 0.25) is 0 Å². The zero-order chi connectivity index (χ0) is 15.9. The Bertz CT molecular complexity index is 441. The van der Waals surface area contributed by atoms with Crippen LogP contribution in [0.3, 0.4) is 0 Å². The molecule has 4 nitrogen and oxygen atoms in total. The van der Waals surface area contributed by atoms with Crippen molar-refractivity contribution in [3.05, 3.63) is 35.4 Å². The summed E-state index contributed by atoms with van der Waals surface area (Å²) in [6.07, 6.45) is -0.463. The third-order valence-electron chi connectivity index (χ3n) is 3.21. The third kappa shape index (κ3) is 6.12. The van der Waals surface area contributed by atoms with E-state index in [2.05, 4.69) is 31.4 Å². The summed E-state index contributed by atoms with van der Waals surface area (Å²) in [4.78, 5) is 11.4. The van der Waals surface area contributed by atoms with Crippen LogP contribution in [-0.2, 0) is 5.41 Å². The van der Waals surface area contributed by atoms with Crippen molar-refractivity contribution in [1.82, 2.24) is 10.6 Å². The molecule has 0 aliphatic heterocycles. The highest BCUT2D eigenvalue weighted by molar-refractivity contribution is 5.73. The molecule has 1 aromatic rings. The van der Waals surface area contributed by atoms with E-state index in [1.165, 1.54) is 5.56 Å². The summed E-state index contributed by atoms with van der Waals surface area (Å²) < 4.78 is 11.9. The fourth-order valence-corrected chi connectivity index (χ4v) is 1.84. The Morgan fingerprint density at radius 2 is 1.86 bits per heavy atom.